The quantitative estimate of drug-likeness (QED) is 0.547. The van der Waals surface area contributed by atoms with E-state index in [2.05, 4.69) is 20.5 Å². The lowest BCUT2D eigenvalue weighted by Gasteiger charge is -2.14. The zero-order valence-corrected chi connectivity index (χ0v) is 13.2. The molecular weight excluding hydrogens is 347 g/mol. The number of hydrogen-bond acceptors (Lipinski definition) is 6. The van der Waals surface area contributed by atoms with Crippen molar-refractivity contribution in [2.24, 2.45) is 0 Å². The molecule has 9 heteroatoms. The Morgan fingerprint density at radius 2 is 2.33 bits per heavy atom. The third kappa shape index (κ3) is 6.65. The summed E-state index contributed by atoms with van der Waals surface area (Å²) in [4.78, 5) is 20.2. The molecule has 0 radical (unpaired) electrons. The van der Waals surface area contributed by atoms with Crippen molar-refractivity contribution in [2.45, 2.75) is 24.7 Å². The third-order valence-electron chi connectivity index (χ3n) is 2.13. The molecule has 0 amide bonds. The molecule has 1 unspecified atom stereocenters. The first-order valence-corrected chi connectivity index (χ1v) is 8.89. The second-order valence-corrected chi connectivity index (χ2v) is 7.43. The molecule has 0 aromatic heterocycles. The van der Waals surface area contributed by atoms with E-state index in [1.807, 2.05) is 0 Å². The van der Waals surface area contributed by atoms with E-state index >= 15 is 0 Å². The predicted molar refractivity (Wildman–Crippen MR) is 71.9 cm³/mol. The van der Waals surface area contributed by atoms with E-state index in [1.54, 1.807) is 0 Å². The molecule has 18 heavy (non-hydrogen) atoms. The minimum Gasteiger partial charge on any atom is -0.375 e. The summed E-state index contributed by atoms with van der Waals surface area (Å²) in [5.41, 5.74) is 0. The van der Waals surface area contributed by atoms with Gasteiger partial charge in [-0.05, 0) is 6.42 Å². The summed E-state index contributed by atoms with van der Waals surface area (Å²) in [6, 6.07) is 0. The first-order valence-electron chi connectivity index (χ1n) is 5.39. The summed E-state index contributed by atoms with van der Waals surface area (Å²) in [6.45, 7) is 2.05. The minimum atomic E-state index is -3.99. The molecule has 6 nitrogen and oxygen atoms in total. The van der Waals surface area contributed by atoms with E-state index < -0.39 is 7.82 Å². The van der Waals surface area contributed by atoms with Crippen molar-refractivity contribution in [1.82, 2.24) is 0 Å². The summed E-state index contributed by atoms with van der Waals surface area (Å²) in [6.07, 6.45) is 0.359. The number of rotatable bonds is 7. The molecule has 0 aliphatic carbocycles. The van der Waals surface area contributed by atoms with Crippen molar-refractivity contribution >= 4 is 40.6 Å². The molecular formula is C9H16BrO6PS. The van der Waals surface area contributed by atoms with Crippen LogP contribution in [0.15, 0.2) is 0 Å². The fraction of sp³-hybridized carbons (Fsp3) is 0.889. The van der Waals surface area contributed by atoms with Gasteiger partial charge in [0.25, 0.3) is 0 Å². The molecule has 1 N–H and O–H groups in total. The molecule has 1 aliphatic rings. The van der Waals surface area contributed by atoms with Gasteiger partial charge in [0.05, 0.1) is 25.9 Å². The van der Waals surface area contributed by atoms with E-state index in [0.29, 0.717) is 18.4 Å². The molecule has 1 heterocycles. The Hall–Kier alpha value is 0.570. The van der Waals surface area contributed by atoms with Crippen LogP contribution in [0.5, 0.6) is 0 Å². The van der Waals surface area contributed by atoms with Gasteiger partial charge in [-0.25, -0.2) is 4.57 Å². The zero-order chi connectivity index (χ0) is 13.6. The summed E-state index contributed by atoms with van der Waals surface area (Å²) in [7, 11) is -3.99. The van der Waals surface area contributed by atoms with Gasteiger partial charge in [0.15, 0.2) is 5.12 Å². The fourth-order valence-corrected chi connectivity index (χ4v) is 3.56. The monoisotopic (exact) mass is 362 g/mol. The Labute approximate surface area is 118 Å². The van der Waals surface area contributed by atoms with Crippen molar-refractivity contribution in [3.8, 4) is 0 Å². The lowest BCUT2D eigenvalue weighted by Crippen LogP contribution is -2.14. The average Bonchev–Trinajstić information content (AvgIpc) is 2.71. The predicted octanol–water partition coefficient (Wildman–Crippen LogP) is 1.95. The molecule has 3 atom stereocenters. The van der Waals surface area contributed by atoms with Crippen LogP contribution in [0, 0.1) is 0 Å². The van der Waals surface area contributed by atoms with Crippen LogP contribution in [0.1, 0.15) is 13.3 Å². The van der Waals surface area contributed by atoms with Crippen LogP contribution in [0.2, 0.25) is 0 Å². The minimum absolute atomic E-state index is 0.00890. The van der Waals surface area contributed by atoms with E-state index in [4.69, 9.17) is 9.26 Å². The summed E-state index contributed by atoms with van der Waals surface area (Å²) < 4.78 is 26.2. The number of carbonyl (C=O) groups excluding carboxylic acids is 1. The first kappa shape index (κ1) is 16.6. The van der Waals surface area contributed by atoms with Crippen LogP contribution >= 0.6 is 35.5 Å². The Balaban J connectivity index is 2.24. The van der Waals surface area contributed by atoms with Gasteiger partial charge in [-0.3, -0.25) is 13.8 Å². The van der Waals surface area contributed by atoms with E-state index in [0.717, 1.165) is 0 Å². The summed E-state index contributed by atoms with van der Waals surface area (Å²) in [5.74, 6) is 0. The number of phosphoric acid groups is 1. The number of carbonyl (C=O) groups is 1. The van der Waals surface area contributed by atoms with Gasteiger partial charge >= 0.3 is 7.82 Å². The van der Waals surface area contributed by atoms with Crippen molar-refractivity contribution in [1.29, 1.82) is 0 Å². The zero-order valence-electron chi connectivity index (χ0n) is 9.91. The van der Waals surface area contributed by atoms with E-state index in [1.165, 1.54) is 18.7 Å². The summed E-state index contributed by atoms with van der Waals surface area (Å²) in [5, 5.41) is 0.592. The molecule has 0 aromatic rings. The Morgan fingerprint density at radius 1 is 1.61 bits per heavy atom. The normalized spacial score (nSPS) is 27.1. The largest absolute Gasteiger partial charge is 0.472 e. The van der Waals surface area contributed by atoms with Crippen LogP contribution < -0.4 is 0 Å². The van der Waals surface area contributed by atoms with Crippen molar-refractivity contribution in [3.63, 3.8) is 0 Å². The number of thioether (sulfide) groups is 1. The molecule has 0 bridgehead atoms. The number of alkyl halides is 1. The maximum absolute atomic E-state index is 11.4. The van der Waals surface area contributed by atoms with Gasteiger partial charge in [0, 0.05) is 17.5 Å². The topological polar surface area (TPSA) is 82.1 Å². The van der Waals surface area contributed by atoms with Gasteiger partial charge < -0.3 is 9.63 Å². The first-order chi connectivity index (χ1) is 8.43. The number of phosphoric ester groups is 1. The van der Waals surface area contributed by atoms with Gasteiger partial charge in [0.2, 0.25) is 0 Å². The molecule has 0 aromatic carbocycles. The molecule has 1 fully saturated rings. The van der Waals surface area contributed by atoms with E-state index in [-0.39, 0.29) is 29.7 Å². The highest BCUT2D eigenvalue weighted by Crippen LogP contribution is 2.43. The van der Waals surface area contributed by atoms with Gasteiger partial charge in [-0.1, -0.05) is 27.7 Å². The Bertz CT molecular complexity index is 328. The second kappa shape index (κ2) is 7.99. The molecule has 1 saturated heterocycles. The molecule has 1 rings (SSSR count). The van der Waals surface area contributed by atoms with Crippen LogP contribution in [-0.2, 0) is 23.1 Å². The molecule has 0 saturated carbocycles. The second-order valence-electron chi connectivity index (χ2n) is 3.71. The van der Waals surface area contributed by atoms with Crippen LogP contribution in [0.25, 0.3) is 0 Å². The highest BCUT2D eigenvalue weighted by atomic mass is 79.9. The van der Waals surface area contributed by atoms with E-state index in [9.17, 15) is 14.3 Å². The lowest BCUT2D eigenvalue weighted by atomic mass is 10.2. The lowest BCUT2D eigenvalue weighted by molar-refractivity contribution is -0.109. The van der Waals surface area contributed by atoms with Gasteiger partial charge in [-0.15, -0.1) is 0 Å². The highest BCUT2D eigenvalue weighted by molar-refractivity contribution is 9.09. The number of ether oxygens (including phenoxy) is 1. The standard InChI is InChI=1S/C9H16BrO6PS/c1-7(11)18-9-4-8(14-6-9)5-16-17(12,13)15-3-2-10/h8-9H,2-6H2,1H3,(H,12,13)/t8-,9-/m1/s1. The van der Waals surface area contributed by atoms with Crippen LogP contribution in [0.3, 0.4) is 0 Å². The van der Waals surface area contributed by atoms with Crippen molar-refractivity contribution in [2.75, 3.05) is 25.2 Å². The Kier molecular flexibility index (Phi) is 7.38. The van der Waals surface area contributed by atoms with Gasteiger partial charge in [0.1, 0.15) is 0 Å². The maximum atomic E-state index is 11.4. The highest BCUT2D eigenvalue weighted by Gasteiger charge is 2.30. The summed E-state index contributed by atoms with van der Waals surface area (Å²) >= 11 is 4.30. The van der Waals surface area contributed by atoms with Crippen molar-refractivity contribution in [3.05, 3.63) is 0 Å². The van der Waals surface area contributed by atoms with Gasteiger partial charge in [-0.2, -0.15) is 0 Å². The third-order valence-corrected chi connectivity index (χ3v) is 4.43. The fourth-order valence-electron chi connectivity index (χ4n) is 1.47. The number of halogens is 1. The SMILES string of the molecule is CC(=O)S[C@H]1CO[C@@H](COP(=O)(O)OCCBr)C1. The molecule has 106 valence electrons. The Morgan fingerprint density at radius 3 is 2.94 bits per heavy atom. The average molecular weight is 363 g/mol. The smallest absolute Gasteiger partial charge is 0.375 e. The number of hydrogen-bond donors (Lipinski definition) is 1. The molecule has 1 aliphatic heterocycles. The van der Waals surface area contributed by atoms with Crippen LogP contribution in [0.4, 0.5) is 0 Å². The van der Waals surface area contributed by atoms with Crippen LogP contribution in [-0.4, -0.2) is 46.5 Å². The maximum Gasteiger partial charge on any atom is 0.472 e. The molecule has 0 spiro atoms. The van der Waals surface area contributed by atoms with Crippen molar-refractivity contribution < 1.29 is 28.0 Å².